The molecule has 0 aromatic carbocycles. The predicted molar refractivity (Wildman–Crippen MR) is 82.4 cm³/mol. The van der Waals surface area contributed by atoms with Gasteiger partial charge in [-0.3, -0.25) is 4.68 Å². The molecule has 1 N–H and O–H groups in total. The molecular formula is C15H26ClN3O. The van der Waals surface area contributed by atoms with Crippen molar-refractivity contribution in [3.8, 4) is 0 Å². The molecule has 2 rings (SSSR count). The third-order valence-corrected chi connectivity index (χ3v) is 4.65. The van der Waals surface area contributed by atoms with Crippen molar-refractivity contribution in [3.63, 3.8) is 0 Å². The van der Waals surface area contributed by atoms with Crippen LogP contribution in [0.2, 0.25) is 5.02 Å². The van der Waals surface area contributed by atoms with Crippen molar-refractivity contribution >= 4 is 11.6 Å². The molecule has 0 amide bonds. The summed E-state index contributed by atoms with van der Waals surface area (Å²) in [7, 11) is 4.00. The summed E-state index contributed by atoms with van der Waals surface area (Å²) in [4.78, 5) is 0. The standard InChI is InChI=1S/C15H26ClN3O/c1-4-13-15(16)14(19(3)18-13)10-11(17-2)7-8-12-6-5-9-20-12/h11-12,17H,4-10H2,1-3H3. The van der Waals surface area contributed by atoms with Crippen molar-refractivity contribution in [3.05, 3.63) is 16.4 Å². The van der Waals surface area contributed by atoms with Gasteiger partial charge in [-0.25, -0.2) is 0 Å². The molecular weight excluding hydrogens is 274 g/mol. The average Bonchev–Trinajstić information content (AvgIpc) is 3.05. The summed E-state index contributed by atoms with van der Waals surface area (Å²) in [6.07, 6.45) is 6.93. The number of ether oxygens (including phenoxy) is 1. The minimum Gasteiger partial charge on any atom is -0.378 e. The van der Waals surface area contributed by atoms with E-state index in [1.807, 2.05) is 18.8 Å². The van der Waals surface area contributed by atoms with Crippen LogP contribution in [-0.2, 0) is 24.6 Å². The quantitative estimate of drug-likeness (QED) is 0.841. The Kier molecular flexibility index (Phi) is 5.87. The molecule has 2 unspecified atom stereocenters. The molecule has 2 heterocycles. The highest BCUT2D eigenvalue weighted by atomic mass is 35.5. The van der Waals surface area contributed by atoms with Crippen LogP contribution in [0.1, 0.15) is 44.0 Å². The Morgan fingerprint density at radius 1 is 1.55 bits per heavy atom. The highest BCUT2D eigenvalue weighted by molar-refractivity contribution is 6.31. The maximum Gasteiger partial charge on any atom is 0.0850 e. The Morgan fingerprint density at radius 3 is 2.90 bits per heavy atom. The number of nitrogens with one attached hydrogen (secondary N) is 1. The highest BCUT2D eigenvalue weighted by Crippen LogP contribution is 2.24. The summed E-state index contributed by atoms with van der Waals surface area (Å²) in [6.45, 7) is 3.02. The largest absolute Gasteiger partial charge is 0.378 e. The van der Waals surface area contributed by atoms with Crippen LogP contribution >= 0.6 is 11.6 Å². The van der Waals surface area contributed by atoms with Gasteiger partial charge in [-0.15, -0.1) is 0 Å². The van der Waals surface area contributed by atoms with Crippen LogP contribution in [0.5, 0.6) is 0 Å². The van der Waals surface area contributed by atoms with E-state index in [-0.39, 0.29) is 0 Å². The number of nitrogens with zero attached hydrogens (tertiary/aromatic N) is 2. The van der Waals surface area contributed by atoms with Gasteiger partial charge in [0.15, 0.2) is 0 Å². The van der Waals surface area contributed by atoms with Gasteiger partial charge in [0, 0.05) is 26.1 Å². The monoisotopic (exact) mass is 299 g/mol. The molecule has 1 saturated heterocycles. The van der Waals surface area contributed by atoms with E-state index in [0.717, 1.165) is 48.7 Å². The van der Waals surface area contributed by atoms with Gasteiger partial charge >= 0.3 is 0 Å². The SMILES string of the molecule is CCc1nn(C)c(CC(CCC2CCCO2)NC)c1Cl. The van der Waals surface area contributed by atoms with Gasteiger partial charge in [0.05, 0.1) is 22.5 Å². The van der Waals surface area contributed by atoms with Crippen molar-refractivity contribution in [2.75, 3.05) is 13.7 Å². The van der Waals surface area contributed by atoms with Crippen LogP contribution in [-0.4, -0.2) is 35.6 Å². The molecule has 1 aliphatic rings. The van der Waals surface area contributed by atoms with Gasteiger partial charge in [-0.2, -0.15) is 5.10 Å². The fourth-order valence-electron chi connectivity index (χ4n) is 2.88. The molecule has 2 atom stereocenters. The van der Waals surface area contributed by atoms with Gasteiger partial charge < -0.3 is 10.1 Å². The minimum absolute atomic E-state index is 0.428. The fourth-order valence-corrected chi connectivity index (χ4v) is 3.25. The molecule has 0 radical (unpaired) electrons. The normalized spacial score (nSPS) is 20.5. The number of aromatic nitrogens is 2. The summed E-state index contributed by atoms with van der Waals surface area (Å²) in [5, 5.41) is 8.73. The molecule has 1 aromatic rings. The van der Waals surface area contributed by atoms with E-state index in [1.54, 1.807) is 0 Å². The van der Waals surface area contributed by atoms with Gasteiger partial charge in [-0.05, 0) is 39.2 Å². The smallest absolute Gasteiger partial charge is 0.0850 e. The summed E-state index contributed by atoms with van der Waals surface area (Å²) < 4.78 is 7.62. The summed E-state index contributed by atoms with van der Waals surface area (Å²) in [6, 6.07) is 0.428. The molecule has 1 aliphatic heterocycles. The molecule has 0 saturated carbocycles. The van der Waals surface area contributed by atoms with E-state index < -0.39 is 0 Å². The minimum atomic E-state index is 0.428. The molecule has 0 bridgehead atoms. The second kappa shape index (κ2) is 7.43. The topological polar surface area (TPSA) is 39.1 Å². The first-order chi connectivity index (χ1) is 9.65. The van der Waals surface area contributed by atoms with Crippen molar-refractivity contribution in [2.24, 2.45) is 7.05 Å². The van der Waals surface area contributed by atoms with Crippen LogP contribution in [0.25, 0.3) is 0 Å². The Balaban J connectivity index is 1.93. The van der Waals surface area contributed by atoms with Crippen molar-refractivity contribution in [1.82, 2.24) is 15.1 Å². The second-order valence-electron chi connectivity index (χ2n) is 5.59. The predicted octanol–water partition coefficient (Wildman–Crippen LogP) is 2.73. The van der Waals surface area contributed by atoms with Gasteiger partial charge in [-0.1, -0.05) is 18.5 Å². The van der Waals surface area contributed by atoms with Crippen LogP contribution in [0, 0.1) is 0 Å². The van der Waals surface area contributed by atoms with Crippen LogP contribution in [0.15, 0.2) is 0 Å². The lowest BCUT2D eigenvalue weighted by Crippen LogP contribution is -2.29. The first kappa shape index (κ1) is 15.8. The van der Waals surface area contributed by atoms with Crippen molar-refractivity contribution in [1.29, 1.82) is 0 Å². The van der Waals surface area contributed by atoms with E-state index in [2.05, 4.69) is 17.3 Å². The number of hydrogen-bond donors (Lipinski definition) is 1. The lowest BCUT2D eigenvalue weighted by Gasteiger charge is -2.18. The third kappa shape index (κ3) is 3.74. The number of hydrogen-bond acceptors (Lipinski definition) is 3. The van der Waals surface area contributed by atoms with E-state index in [0.29, 0.717) is 12.1 Å². The number of rotatable bonds is 7. The van der Waals surface area contributed by atoms with Gasteiger partial charge in [0.25, 0.3) is 0 Å². The average molecular weight is 300 g/mol. The van der Waals surface area contributed by atoms with Crippen LogP contribution in [0.3, 0.4) is 0 Å². The molecule has 114 valence electrons. The molecule has 0 aliphatic carbocycles. The van der Waals surface area contributed by atoms with E-state index in [1.165, 1.54) is 12.8 Å². The zero-order chi connectivity index (χ0) is 14.5. The summed E-state index contributed by atoms with van der Waals surface area (Å²) in [5.74, 6) is 0. The molecule has 5 heteroatoms. The zero-order valence-electron chi connectivity index (χ0n) is 12.8. The fraction of sp³-hybridized carbons (Fsp3) is 0.800. The van der Waals surface area contributed by atoms with Crippen molar-refractivity contribution in [2.45, 2.75) is 57.6 Å². The number of halogens is 1. The number of likely N-dealkylation sites (N-methyl/N-ethyl adjacent to an activating group) is 1. The lowest BCUT2D eigenvalue weighted by molar-refractivity contribution is 0.0997. The molecule has 20 heavy (non-hydrogen) atoms. The van der Waals surface area contributed by atoms with Crippen molar-refractivity contribution < 1.29 is 4.74 Å². The van der Waals surface area contributed by atoms with E-state index in [4.69, 9.17) is 16.3 Å². The van der Waals surface area contributed by atoms with Gasteiger partial charge in [0.2, 0.25) is 0 Å². The van der Waals surface area contributed by atoms with E-state index in [9.17, 15) is 0 Å². The Hall–Kier alpha value is -0.580. The van der Waals surface area contributed by atoms with Crippen LogP contribution < -0.4 is 5.32 Å². The Morgan fingerprint density at radius 2 is 2.35 bits per heavy atom. The summed E-state index contributed by atoms with van der Waals surface area (Å²) >= 11 is 6.42. The lowest BCUT2D eigenvalue weighted by atomic mass is 10.0. The first-order valence-electron chi connectivity index (χ1n) is 7.64. The Labute approximate surface area is 126 Å². The zero-order valence-corrected chi connectivity index (χ0v) is 13.5. The molecule has 0 spiro atoms. The molecule has 1 aromatic heterocycles. The molecule has 1 fully saturated rings. The summed E-state index contributed by atoms with van der Waals surface area (Å²) in [5.41, 5.74) is 2.13. The van der Waals surface area contributed by atoms with Crippen LogP contribution in [0.4, 0.5) is 0 Å². The maximum atomic E-state index is 6.42. The first-order valence-corrected chi connectivity index (χ1v) is 8.02. The van der Waals surface area contributed by atoms with Gasteiger partial charge in [0.1, 0.15) is 0 Å². The maximum absolute atomic E-state index is 6.42. The Bertz CT molecular complexity index is 427. The third-order valence-electron chi connectivity index (χ3n) is 4.21. The van der Waals surface area contributed by atoms with E-state index >= 15 is 0 Å². The second-order valence-corrected chi connectivity index (χ2v) is 5.96. The molecule has 4 nitrogen and oxygen atoms in total. The number of aryl methyl sites for hydroxylation is 2. The highest BCUT2D eigenvalue weighted by Gasteiger charge is 2.20.